The molecule has 1 aromatic carbocycles. The fourth-order valence-electron chi connectivity index (χ4n) is 2.79. The summed E-state index contributed by atoms with van der Waals surface area (Å²) < 4.78 is 26.8. The molecule has 0 saturated heterocycles. The van der Waals surface area contributed by atoms with Crippen molar-refractivity contribution in [2.75, 3.05) is 27.6 Å². The second kappa shape index (κ2) is 6.46. The molecule has 2 aliphatic rings. The van der Waals surface area contributed by atoms with Gasteiger partial charge in [-0.15, -0.1) is 0 Å². The van der Waals surface area contributed by atoms with E-state index in [-0.39, 0.29) is 25.0 Å². The Labute approximate surface area is 139 Å². The Bertz CT molecular complexity index is 685. The molecule has 0 aromatic heterocycles. The number of rotatable bonds is 5. The fourth-order valence-corrected chi connectivity index (χ4v) is 2.79. The van der Waals surface area contributed by atoms with Crippen LogP contribution in [-0.4, -0.2) is 39.3 Å². The minimum absolute atomic E-state index is 0.0805. The first-order chi connectivity index (χ1) is 11.6. The number of fused-ring (bicyclic) bond motifs is 1. The average molecular weight is 337 g/mol. The molecule has 0 radical (unpaired) electrons. The van der Waals surface area contributed by atoms with Gasteiger partial charge in [0.1, 0.15) is 0 Å². The third kappa shape index (κ3) is 2.47. The Morgan fingerprint density at radius 1 is 1.29 bits per heavy atom. The molecule has 0 amide bonds. The van der Waals surface area contributed by atoms with E-state index in [1.54, 1.807) is 13.0 Å². The zero-order valence-corrected chi connectivity index (χ0v) is 14.0. The largest absolute Gasteiger partial charge is 0.493 e. The third-order valence-corrected chi connectivity index (χ3v) is 3.96. The monoisotopic (exact) mass is 337 g/mol. The average Bonchev–Trinajstić information content (AvgIpc) is 3.20. The molecule has 1 aromatic rings. The predicted molar refractivity (Wildman–Crippen MR) is 82.7 cm³/mol. The van der Waals surface area contributed by atoms with Crippen LogP contribution in [0.5, 0.6) is 23.0 Å². The summed E-state index contributed by atoms with van der Waals surface area (Å²) in [6.45, 7) is 3.93. The van der Waals surface area contributed by atoms with Gasteiger partial charge < -0.3 is 28.5 Å². The maximum atomic E-state index is 12.0. The molecule has 8 heteroatoms. The standard InChI is InChI=1S/C16H19NO7/c1-5-21-16(18)11-8(2)12(24-17-11)9-6-10(19-3)14-15(13(9)20-4)23-7-22-14/h6,8,12H,5,7H2,1-4H3/t8-,12-/m1/s1. The zero-order chi connectivity index (χ0) is 17.3. The molecule has 0 fully saturated rings. The number of hydrogen-bond donors (Lipinski definition) is 0. The SMILES string of the molecule is CCOC(=O)C1=NO[C@@H](c2cc(OC)c3c(c2OC)OCO3)[C@@H]1C. The Balaban J connectivity index is 1.97. The number of benzene rings is 1. The first kappa shape index (κ1) is 16.2. The second-order valence-corrected chi connectivity index (χ2v) is 5.28. The van der Waals surface area contributed by atoms with Crippen molar-refractivity contribution in [2.24, 2.45) is 11.1 Å². The van der Waals surface area contributed by atoms with Crippen LogP contribution >= 0.6 is 0 Å². The lowest BCUT2D eigenvalue weighted by Crippen LogP contribution is -2.24. The minimum Gasteiger partial charge on any atom is -0.493 e. The number of methoxy groups -OCH3 is 2. The zero-order valence-electron chi connectivity index (χ0n) is 14.0. The Morgan fingerprint density at radius 3 is 2.71 bits per heavy atom. The summed E-state index contributed by atoms with van der Waals surface area (Å²) in [5.41, 5.74) is 0.898. The normalized spacial score (nSPS) is 21.1. The highest BCUT2D eigenvalue weighted by Gasteiger charge is 2.40. The molecule has 0 bridgehead atoms. The van der Waals surface area contributed by atoms with Gasteiger partial charge in [-0.2, -0.15) is 0 Å². The molecular weight excluding hydrogens is 318 g/mol. The highest BCUT2D eigenvalue weighted by molar-refractivity contribution is 6.37. The van der Waals surface area contributed by atoms with E-state index in [2.05, 4.69) is 5.16 Å². The highest BCUT2D eigenvalue weighted by atomic mass is 16.7. The lowest BCUT2D eigenvalue weighted by molar-refractivity contribution is -0.135. The van der Waals surface area contributed by atoms with E-state index in [1.165, 1.54) is 14.2 Å². The maximum Gasteiger partial charge on any atom is 0.356 e. The van der Waals surface area contributed by atoms with Crippen LogP contribution in [0.25, 0.3) is 0 Å². The van der Waals surface area contributed by atoms with E-state index >= 15 is 0 Å². The summed E-state index contributed by atoms with van der Waals surface area (Å²) in [5.74, 6) is 1.10. The molecule has 2 aliphatic heterocycles. The first-order valence-electron chi connectivity index (χ1n) is 7.57. The van der Waals surface area contributed by atoms with Gasteiger partial charge in [-0.25, -0.2) is 4.79 Å². The first-order valence-corrected chi connectivity index (χ1v) is 7.57. The lowest BCUT2D eigenvalue weighted by Gasteiger charge is -2.19. The van der Waals surface area contributed by atoms with Gasteiger partial charge in [-0.3, -0.25) is 0 Å². The molecule has 0 aliphatic carbocycles. The van der Waals surface area contributed by atoms with Crippen LogP contribution in [0.1, 0.15) is 25.5 Å². The Kier molecular flexibility index (Phi) is 4.37. The smallest absolute Gasteiger partial charge is 0.356 e. The molecule has 24 heavy (non-hydrogen) atoms. The number of nitrogens with zero attached hydrogens (tertiary/aromatic N) is 1. The van der Waals surface area contributed by atoms with Crippen molar-refractivity contribution in [3.63, 3.8) is 0 Å². The summed E-state index contributed by atoms with van der Waals surface area (Å²) in [4.78, 5) is 17.5. The van der Waals surface area contributed by atoms with Gasteiger partial charge in [0, 0.05) is 5.56 Å². The molecule has 2 atom stereocenters. The van der Waals surface area contributed by atoms with Gasteiger partial charge in [0.05, 0.1) is 26.7 Å². The van der Waals surface area contributed by atoms with Crippen LogP contribution in [-0.2, 0) is 14.4 Å². The van der Waals surface area contributed by atoms with Crippen molar-refractivity contribution < 1.29 is 33.3 Å². The number of esters is 1. The molecule has 0 N–H and O–H groups in total. The third-order valence-electron chi connectivity index (χ3n) is 3.96. The molecule has 0 spiro atoms. The number of ether oxygens (including phenoxy) is 5. The summed E-state index contributed by atoms with van der Waals surface area (Å²) in [6.07, 6.45) is -0.525. The fraction of sp³-hybridized carbons (Fsp3) is 0.500. The van der Waals surface area contributed by atoms with Crippen LogP contribution in [0, 0.1) is 5.92 Å². The van der Waals surface area contributed by atoms with Crippen LogP contribution < -0.4 is 18.9 Å². The Morgan fingerprint density at radius 2 is 2.04 bits per heavy atom. The van der Waals surface area contributed by atoms with E-state index in [0.29, 0.717) is 28.6 Å². The maximum absolute atomic E-state index is 12.0. The van der Waals surface area contributed by atoms with Gasteiger partial charge in [-0.05, 0) is 13.0 Å². The highest BCUT2D eigenvalue weighted by Crippen LogP contribution is 2.53. The van der Waals surface area contributed by atoms with Gasteiger partial charge in [0.25, 0.3) is 0 Å². The van der Waals surface area contributed by atoms with Crippen molar-refractivity contribution in [2.45, 2.75) is 20.0 Å². The van der Waals surface area contributed by atoms with Crippen LogP contribution in [0.15, 0.2) is 11.2 Å². The number of hydrogen-bond acceptors (Lipinski definition) is 8. The summed E-state index contributed by atoms with van der Waals surface area (Å²) >= 11 is 0. The van der Waals surface area contributed by atoms with E-state index < -0.39 is 12.1 Å². The van der Waals surface area contributed by atoms with Crippen molar-refractivity contribution in [1.82, 2.24) is 0 Å². The number of carbonyl (C=O) groups excluding carboxylic acids is 1. The van der Waals surface area contributed by atoms with Crippen LogP contribution in [0.2, 0.25) is 0 Å². The minimum atomic E-state index is -0.525. The van der Waals surface area contributed by atoms with Crippen molar-refractivity contribution >= 4 is 11.7 Å². The summed E-state index contributed by atoms with van der Waals surface area (Å²) in [6, 6.07) is 1.75. The van der Waals surface area contributed by atoms with Gasteiger partial charge in [0.2, 0.25) is 18.3 Å². The molecule has 3 rings (SSSR count). The van der Waals surface area contributed by atoms with E-state index in [9.17, 15) is 4.79 Å². The molecule has 130 valence electrons. The van der Waals surface area contributed by atoms with Crippen molar-refractivity contribution in [1.29, 1.82) is 0 Å². The lowest BCUT2D eigenvalue weighted by atomic mass is 9.92. The van der Waals surface area contributed by atoms with Gasteiger partial charge in [-0.1, -0.05) is 12.1 Å². The molecule has 8 nitrogen and oxygen atoms in total. The van der Waals surface area contributed by atoms with E-state index in [4.69, 9.17) is 28.5 Å². The molecular formula is C16H19NO7. The van der Waals surface area contributed by atoms with Gasteiger partial charge in [0.15, 0.2) is 23.3 Å². The second-order valence-electron chi connectivity index (χ2n) is 5.28. The quantitative estimate of drug-likeness (QED) is 0.760. The van der Waals surface area contributed by atoms with E-state index in [1.807, 2.05) is 6.92 Å². The number of oxime groups is 1. The van der Waals surface area contributed by atoms with Crippen molar-refractivity contribution in [3.05, 3.63) is 11.6 Å². The Hall–Kier alpha value is -2.64. The van der Waals surface area contributed by atoms with Gasteiger partial charge >= 0.3 is 5.97 Å². The molecule has 0 saturated carbocycles. The number of carbonyl (C=O) groups is 1. The topological polar surface area (TPSA) is 84.8 Å². The predicted octanol–water partition coefficient (Wildman–Crippen LogP) is 2.06. The van der Waals surface area contributed by atoms with Crippen LogP contribution in [0.4, 0.5) is 0 Å². The summed E-state index contributed by atoms with van der Waals surface area (Å²) in [7, 11) is 3.06. The molecule has 2 heterocycles. The van der Waals surface area contributed by atoms with E-state index in [0.717, 1.165) is 0 Å². The van der Waals surface area contributed by atoms with Crippen LogP contribution in [0.3, 0.4) is 0 Å². The summed E-state index contributed by atoms with van der Waals surface area (Å²) in [5, 5.41) is 3.89. The molecule has 0 unspecified atom stereocenters. The van der Waals surface area contributed by atoms with Crippen molar-refractivity contribution in [3.8, 4) is 23.0 Å².